The Labute approximate surface area is 346 Å². The predicted molar refractivity (Wildman–Crippen MR) is 254 cm³/mol. The van der Waals surface area contributed by atoms with E-state index in [-0.39, 0.29) is 13.4 Å². The zero-order valence-corrected chi connectivity index (χ0v) is 32.4. The number of rotatable bonds is 2. The van der Waals surface area contributed by atoms with Crippen molar-refractivity contribution < 1.29 is 0 Å². The minimum atomic E-state index is 0.102. The van der Waals surface area contributed by atoms with Crippen molar-refractivity contribution in [2.75, 3.05) is 9.80 Å². The molecule has 0 spiro atoms. The second-order valence-corrected chi connectivity index (χ2v) is 16.8. The molecule has 15 rings (SSSR count). The molecule has 0 saturated carbocycles. The van der Waals surface area contributed by atoms with E-state index in [1.165, 1.54) is 122 Å². The smallest absolute Gasteiger partial charge is 0.252 e. The van der Waals surface area contributed by atoms with Gasteiger partial charge in [-0.3, -0.25) is 0 Å². The molecule has 274 valence electrons. The van der Waals surface area contributed by atoms with Gasteiger partial charge in [0.2, 0.25) is 0 Å². The van der Waals surface area contributed by atoms with Crippen LogP contribution >= 0.6 is 0 Å². The van der Waals surface area contributed by atoms with Crippen molar-refractivity contribution in [2.24, 2.45) is 0 Å². The number of para-hydroxylation sites is 6. The van der Waals surface area contributed by atoms with E-state index in [9.17, 15) is 0 Å². The molecule has 0 amide bonds. The summed E-state index contributed by atoms with van der Waals surface area (Å²) in [7, 11) is 0. The molecule has 9 aromatic carbocycles. The molecule has 0 unspecified atom stereocenters. The molecule has 0 N–H and O–H groups in total. The molecular weight excluding hydrogens is 726 g/mol. The number of hydrogen-bond acceptors (Lipinski definition) is 2. The Balaban J connectivity index is 1.12. The number of fused-ring (bicyclic) bond motifs is 17. The molecule has 4 aliphatic rings. The van der Waals surface area contributed by atoms with Crippen LogP contribution in [0.3, 0.4) is 0 Å². The predicted octanol–water partition coefficient (Wildman–Crippen LogP) is 9.11. The molecule has 0 fully saturated rings. The lowest BCUT2D eigenvalue weighted by atomic mass is 9.34. The summed E-state index contributed by atoms with van der Waals surface area (Å²) in [5.41, 5.74) is 23.1. The highest BCUT2D eigenvalue weighted by Crippen LogP contribution is 2.48. The maximum absolute atomic E-state index is 2.64. The lowest BCUT2D eigenvalue weighted by molar-refractivity contribution is 1.18. The van der Waals surface area contributed by atoms with Crippen LogP contribution < -0.4 is 42.6 Å². The average Bonchev–Trinajstić information content (AvgIpc) is 3.84. The van der Waals surface area contributed by atoms with E-state index in [2.05, 4.69) is 213 Å². The Morgan fingerprint density at radius 3 is 1.23 bits per heavy atom. The van der Waals surface area contributed by atoms with Crippen LogP contribution in [0.2, 0.25) is 0 Å². The van der Waals surface area contributed by atoms with E-state index in [0.717, 1.165) is 0 Å². The minimum Gasteiger partial charge on any atom is -0.311 e. The van der Waals surface area contributed by atoms with E-state index in [1.54, 1.807) is 0 Å². The molecule has 0 aliphatic carbocycles. The SMILES string of the molecule is c1ccc(N2c3ccccc3B3c4ccccc4-n4c5ccc6c7ccc8c9c7n(c6c5c5ccc2c3c54)-c2ccccc2B9c2ccccc2N8c2ccccc2)cc1. The van der Waals surface area contributed by atoms with E-state index < -0.39 is 0 Å². The van der Waals surface area contributed by atoms with Gasteiger partial charge in [-0.2, -0.15) is 0 Å². The minimum absolute atomic E-state index is 0.102. The van der Waals surface area contributed by atoms with E-state index in [4.69, 9.17) is 0 Å². The lowest BCUT2D eigenvalue weighted by Crippen LogP contribution is -2.60. The average molecular weight is 759 g/mol. The third kappa shape index (κ3) is 3.64. The molecule has 6 heteroatoms. The van der Waals surface area contributed by atoms with Crippen molar-refractivity contribution in [1.29, 1.82) is 0 Å². The van der Waals surface area contributed by atoms with Gasteiger partial charge >= 0.3 is 0 Å². The molecule has 11 aromatic rings. The highest BCUT2D eigenvalue weighted by molar-refractivity contribution is 7.01. The first-order chi connectivity index (χ1) is 29.8. The van der Waals surface area contributed by atoms with Crippen LogP contribution in [0.5, 0.6) is 0 Å². The number of anilines is 6. The molecular formula is C54H32B2N4. The molecule has 4 nitrogen and oxygen atoms in total. The van der Waals surface area contributed by atoms with Crippen molar-refractivity contribution in [3.8, 4) is 11.4 Å². The summed E-state index contributed by atoms with van der Waals surface area (Å²) in [6.45, 7) is 0.209. The van der Waals surface area contributed by atoms with Gasteiger partial charge in [0.1, 0.15) is 0 Å². The van der Waals surface area contributed by atoms with Gasteiger partial charge in [0.15, 0.2) is 0 Å². The van der Waals surface area contributed by atoms with Crippen LogP contribution in [0.4, 0.5) is 34.1 Å². The van der Waals surface area contributed by atoms with Crippen molar-refractivity contribution in [2.45, 2.75) is 0 Å². The maximum Gasteiger partial charge on any atom is 0.252 e. The maximum atomic E-state index is 2.64. The van der Waals surface area contributed by atoms with Gasteiger partial charge < -0.3 is 18.9 Å². The summed E-state index contributed by atoms with van der Waals surface area (Å²) in [5.74, 6) is 0. The fourth-order valence-corrected chi connectivity index (χ4v) is 11.9. The molecule has 0 atom stereocenters. The van der Waals surface area contributed by atoms with E-state index in [1.807, 2.05) is 0 Å². The van der Waals surface area contributed by atoms with Crippen molar-refractivity contribution in [3.05, 3.63) is 194 Å². The molecule has 0 radical (unpaired) electrons. The number of nitrogens with zero attached hydrogens (tertiary/aromatic N) is 4. The van der Waals surface area contributed by atoms with Crippen LogP contribution in [-0.4, -0.2) is 22.6 Å². The normalized spacial score (nSPS) is 13.9. The van der Waals surface area contributed by atoms with Crippen LogP contribution in [0.25, 0.3) is 55.0 Å². The zero-order chi connectivity index (χ0) is 38.8. The third-order valence-corrected chi connectivity index (χ3v) is 14.1. The van der Waals surface area contributed by atoms with E-state index >= 15 is 0 Å². The Hall–Kier alpha value is -7.69. The molecule has 6 heterocycles. The van der Waals surface area contributed by atoms with Crippen LogP contribution in [0, 0.1) is 0 Å². The molecule has 0 bridgehead atoms. The summed E-state index contributed by atoms with van der Waals surface area (Å²) in [4.78, 5) is 4.97. The van der Waals surface area contributed by atoms with Gasteiger partial charge in [-0.25, -0.2) is 0 Å². The van der Waals surface area contributed by atoms with Gasteiger partial charge in [-0.05, 0) is 99.5 Å². The number of benzene rings is 9. The van der Waals surface area contributed by atoms with Crippen molar-refractivity contribution in [3.63, 3.8) is 0 Å². The summed E-state index contributed by atoms with van der Waals surface area (Å²) >= 11 is 0. The summed E-state index contributed by atoms with van der Waals surface area (Å²) in [6.07, 6.45) is 0. The number of hydrogen-bond donors (Lipinski definition) is 0. The first kappa shape index (κ1) is 31.3. The molecule has 0 saturated heterocycles. The fraction of sp³-hybridized carbons (Fsp3) is 0. The second kappa shape index (κ2) is 11.1. The number of aromatic nitrogens is 2. The zero-order valence-electron chi connectivity index (χ0n) is 32.4. The van der Waals surface area contributed by atoms with Gasteiger partial charge in [0.05, 0.1) is 22.1 Å². The van der Waals surface area contributed by atoms with Crippen molar-refractivity contribution >= 4 is 124 Å². The van der Waals surface area contributed by atoms with Gasteiger partial charge in [0.25, 0.3) is 13.4 Å². The topological polar surface area (TPSA) is 16.3 Å². The van der Waals surface area contributed by atoms with Crippen molar-refractivity contribution in [1.82, 2.24) is 9.13 Å². The summed E-state index contributed by atoms with van der Waals surface area (Å²) < 4.78 is 5.24. The highest BCUT2D eigenvalue weighted by Gasteiger charge is 2.44. The first-order valence-electron chi connectivity index (χ1n) is 21.0. The quantitative estimate of drug-likeness (QED) is 0.164. The van der Waals surface area contributed by atoms with Crippen LogP contribution in [0.1, 0.15) is 0 Å². The third-order valence-electron chi connectivity index (χ3n) is 14.1. The van der Waals surface area contributed by atoms with Gasteiger partial charge in [-0.15, -0.1) is 0 Å². The van der Waals surface area contributed by atoms with Crippen LogP contribution in [0.15, 0.2) is 194 Å². The van der Waals surface area contributed by atoms with E-state index in [0.29, 0.717) is 0 Å². The molecule has 4 aliphatic heterocycles. The summed E-state index contributed by atoms with van der Waals surface area (Å²) in [5, 5.41) is 5.19. The fourth-order valence-electron chi connectivity index (χ4n) is 11.9. The van der Waals surface area contributed by atoms with Gasteiger partial charge in [0, 0.05) is 67.0 Å². The van der Waals surface area contributed by atoms with Gasteiger partial charge in [-0.1, -0.05) is 127 Å². The lowest BCUT2D eigenvalue weighted by Gasteiger charge is -2.39. The Morgan fingerprint density at radius 2 is 0.683 bits per heavy atom. The monoisotopic (exact) mass is 758 g/mol. The Kier molecular flexibility index (Phi) is 5.78. The Morgan fingerprint density at radius 1 is 0.283 bits per heavy atom. The van der Waals surface area contributed by atoms with Crippen LogP contribution in [-0.2, 0) is 0 Å². The Bertz CT molecular complexity index is 3700. The summed E-state index contributed by atoms with van der Waals surface area (Å²) in [6, 6.07) is 72.6. The molecule has 2 aromatic heterocycles. The standard InChI is InChI=1S/C54H32B2N4/c1-3-15-33(16-4-1)57-43-24-12-8-20-39(43)56-41-22-10-14-26-45(41)60-52-35(36-28-31-47(57)50(56)53(36)60)27-30-46-49(52)37-29-32-48-51-54(37)59(46)44-25-13-9-21-40(44)55(51)38-19-7-11-23-42(38)58(48)34-17-5-2-6-18-34/h1-32H. The largest absolute Gasteiger partial charge is 0.311 e. The highest BCUT2D eigenvalue weighted by atomic mass is 15.2. The second-order valence-electron chi connectivity index (χ2n) is 16.8. The first-order valence-corrected chi connectivity index (χ1v) is 21.0. The molecule has 60 heavy (non-hydrogen) atoms.